The Morgan fingerprint density at radius 1 is 0.375 bits per heavy atom. The molecule has 0 radical (unpaired) electrons. The molecule has 2 nitrogen and oxygen atoms in total. The summed E-state index contributed by atoms with van der Waals surface area (Å²) < 4.78 is 12.3. The molecule has 0 amide bonds. The Hall–Kier alpha value is -1.96. The Morgan fingerprint density at radius 2 is 0.667 bits per heavy atom. The van der Waals surface area contributed by atoms with Crippen molar-refractivity contribution in [1.82, 2.24) is 0 Å². The minimum Gasteiger partial charge on any atom is -0.494 e. The predicted octanol–water partition coefficient (Wildman–Crippen LogP) is 14.8. The molecule has 2 fully saturated rings. The molecule has 2 saturated carbocycles. The minimum atomic E-state index is 0.837. The highest BCUT2D eigenvalue weighted by molar-refractivity contribution is 5.64. The monoisotopic (exact) mass is 659 g/mol. The van der Waals surface area contributed by atoms with Gasteiger partial charge in [0.1, 0.15) is 11.5 Å². The van der Waals surface area contributed by atoms with E-state index in [0.717, 1.165) is 48.4 Å². The molecule has 0 atom stereocenters. The number of hydrogen-bond acceptors (Lipinski definition) is 2. The lowest BCUT2D eigenvalue weighted by atomic mass is 9.78. The van der Waals surface area contributed by atoms with Crippen LogP contribution >= 0.6 is 0 Å². The molecule has 0 aromatic heterocycles. The van der Waals surface area contributed by atoms with Crippen LogP contribution in [0.2, 0.25) is 0 Å². The van der Waals surface area contributed by atoms with E-state index in [9.17, 15) is 0 Å². The van der Waals surface area contributed by atoms with Crippen molar-refractivity contribution in [2.75, 3.05) is 13.2 Å². The molecule has 0 bridgehead atoms. The van der Waals surface area contributed by atoms with Crippen molar-refractivity contribution in [3.05, 3.63) is 48.5 Å². The molecule has 0 aliphatic heterocycles. The zero-order chi connectivity index (χ0) is 33.5. The Balaban J connectivity index is 1.01. The number of rotatable bonds is 25. The highest BCUT2D eigenvalue weighted by Crippen LogP contribution is 2.36. The largest absolute Gasteiger partial charge is 0.494 e. The van der Waals surface area contributed by atoms with Gasteiger partial charge in [-0.2, -0.15) is 0 Å². The molecular weight excluding hydrogens is 585 g/mol. The first-order valence-corrected chi connectivity index (χ1v) is 21.2. The second kappa shape index (κ2) is 24.2. The molecule has 270 valence electrons. The number of unbranched alkanes of at least 4 members (excludes halogenated alkanes) is 10. The highest BCUT2D eigenvalue weighted by Gasteiger charge is 2.21. The van der Waals surface area contributed by atoms with E-state index in [2.05, 4.69) is 62.4 Å². The number of hydrogen-bond donors (Lipinski definition) is 0. The fourth-order valence-electron chi connectivity index (χ4n) is 8.66. The summed E-state index contributed by atoms with van der Waals surface area (Å²) in [6, 6.07) is 17.3. The van der Waals surface area contributed by atoms with Gasteiger partial charge in [-0.15, -0.1) is 0 Å². The van der Waals surface area contributed by atoms with E-state index in [-0.39, 0.29) is 0 Å². The van der Waals surface area contributed by atoms with E-state index >= 15 is 0 Å². The molecule has 2 heteroatoms. The second-order valence-corrected chi connectivity index (χ2v) is 15.9. The molecule has 4 rings (SSSR count). The first-order chi connectivity index (χ1) is 23.7. The predicted molar refractivity (Wildman–Crippen MR) is 208 cm³/mol. The van der Waals surface area contributed by atoms with Crippen LogP contribution in [0.4, 0.5) is 0 Å². The van der Waals surface area contributed by atoms with Gasteiger partial charge >= 0.3 is 0 Å². The maximum Gasteiger partial charge on any atom is 0.119 e. The van der Waals surface area contributed by atoms with Gasteiger partial charge < -0.3 is 9.47 Å². The molecule has 2 aromatic carbocycles. The van der Waals surface area contributed by atoms with Gasteiger partial charge in [-0.3, -0.25) is 0 Å². The maximum atomic E-state index is 6.14. The van der Waals surface area contributed by atoms with Crippen LogP contribution in [0.1, 0.15) is 181 Å². The smallest absolute Gasteiger partial charge is 0.119 e. The molecule has 0 saturated heterocycles. The van der Waals surface area contributed by atoms with E-state index in [1.165, 1.54) is 178 Å². The zero-order valence-electron chi connectivity index (χ0n) is 31.5. The van der Waals surface area contributed by atoms with Crippen LogP contribution in [-0.4, -0.2) is 13.2 Å². The summed E-state index contributed by atoms with van der Waals surface area (Å²) >= 11 is 0. The number of ether oxygens (including phenoxy) is 2. The second-order valence-electron chi connectivity index (χ2n) is 15.9. The highest BCUT2D eigenvalue weighted by atomic mass is 16.5. The zero-order valence-corrected chi connectivity index (χ0v) is 31.5. The standard InChI is InChI=1S/C46H74O2/c1-3-5-7-9-11-13-17-39-21-25-41(26-22-39)19-15-37-47-45-33-29-43(30-34-45)44-31-35-46(36-32-44)48-38-16-20-42-27-23-40(24-28-42)18-14-12-10-8-6-4-2/h29-36,39-42H,3-28,37-38H2,1-2H3/t39-,40-,41-,42-. The molecule has 0 N–H and O–H groups in total. The molecule has 48 heavy (non-hydrogen) atoms. The Kier molecular flexibility index (Phi) is 19.6. The first kappa shape index (κ1) is 38.8. The Labute approximate surface area is 297 Å². The minimum absolute atomic E-state index is 0.837. The van der Waals surface area contributed by atoms with E-state index < -0.39 is 0 Å². The fraction of sp³-hybridized carbons (Fsp3) is 0.739. The summed E-state index contributed by atoms with van der Waals surface area (Å²) in [6.45, 7) is 6.29. The third-order valence-corrected chi connectivity index (χ3v) is 12.0. The van der Waals surface area contributed by atoms with E-state index in [1.54, 1.807) is 0 Å². The van der Waals surface area contributed by atoms with Gasteiger partial charge in [0, 0.05) is 0 Å². The lowest BCUT2D eigenvalue weighted by molar-refractivity contribution is 0.228. The van der Waals surface area contributed by atoms with Crippen LogP contribution in [-0.2, 0) is 0 Å². The van der Waals surface area contributed by atoms with Crippen LogP contribution in [0, 0.1) is 23.7 Å². The van der Waals surface area contributed by atoms with Crippen LogP contribution in [0.15, 0.2) is 48.5 Å². The van der Waals surface area contributed by atoms with Crippen LogP contribution in [0.5, 0.6) is 11.5 Å². The van der Waals surface area contributed by atoms with Crippen molar-refractivity contribution in [1.29, 1.82) is 0 Å². The van der Waals surface area contributed by atoms with Crippen molar-refractivity contribution in [3.63, 3.8) is 0 Å². The van der Waals surface area contributed by atoms with Crippen molar-refractivity contribution < 1.29 is 9.47 Å². The molecule has 2 aromatic rings. The maximum absolute atomic E-state index is 6.14. The van der Waals surface area contributed by atoms with Gasteiger partial charge in [-0.05, 0) is 84.7 Å². The fourth-order valence-corrected chi connectivity index (χ4v) is 8.66. The molecule has 0 unspecified atom stereocenters. The van der Waals surface area contributed by atoms with Crippen molar-refractivity contribution in [3.8, 4) is 22.6 Å². The molecular formula is C46H74O2. The summed E-state index contributed by atoms with van der Waals surface area (Å²) in [5, 5.41) is 0. The van der Waals surface area contributed by atoms with Gasteiger partial charge in [0.05, 0.1) is 13.2 Å². The van der Waals surface area contributed by atoms with Crippen LogP contribution in [0.25, 0.3) is 11.1 Å². The van der Waals surface area contributed by atoms with Crippen molar-refractivity contribution in [2.24, 2.45) is 23.7 Å². The van der Waals surface area contributed by atoms with E-state index in [1.807, 2.05) is 0 Å². The van der Waals surface area contributed by atoms with Gasteiger partial charge in [-0.25, -0.2) is 0 Å². The summed E-state index contributed by atoms with van der Waals surface area (Å²) in [5.74, 6) is 5.85. The quantitative estimate of drug-likeness (QED) is 0.0988. The lowest BCUT2D eigenvalue weighted by Gasteiger charge is -2.28. The average molecular weight is 659 g/mol. The average Bonchev–Trinajstić information content (AvgIpc) is 3.13. The normalized spacial score (nSPS) is 21.3. The van der Waals surface area contributed by atoms with E-state index in [0.29, 0.717) is 0 Å². The molecule has 2 aliphatic carbocycles. The van der Waals surface area contributed by atoms with Crippen molar-refractivity contribution >= 4 is 0 Å². The molecule has 2 aliphatic rings. The topological polar surface area (TPSA) is 18.5 Å². The third kappa shape index (κ3) is 15.7. The van der Waals surface area contributed by atoms with Gasteiger partial charge in [0.25, 0.3) is 0 Å². The van der Waals surface area contributed by atoms with Gasteiger partial charge in [0.15, 0.2) is 0 Å². The summed E-state index contributed by atoms with van der Waals surface area (Å²) in [7, 11) is 0. The van der Waals surface area contributed by atoms with Gasteiger partial charge in [-0.1, -0.05) is 179 Å². The van der Waals surface area contributed by atoms with Crippen LogP contribution < -0.4 is 9.47 Å². The summed E-state index contributed by atoms with van der Waals surface area (Å²) in [6.07, 6.45) is 36.8. The molecule has 0 spiro atoms. The Bertz CT molecular complexity index is 941. The van der Waals surface area contributed by atoms with E-state index in [4.69, 9.17) is 9.47 Å². The van der Waals surface area contributed by atoms with Gasteiger partial charge in [0.2, 0.25) is 0 Å². The number of benzene rings is 2. The van der Waals surface area contributed by atoms with Crippen molar-refractivity contribution in [2.45, 2.75) is 181 Å². The lowest BCUT2D eigenvalue weighted by Crippen LogP contribution is -2.15. The third-order valence-electron chi connectivity index (χ3n) is 12.0. The van der Waals surface area contributed by atoms with Crippen LogP contribution in [0.3, 0.4) is 0 Å². The summed E-state index contributed by atoms with van der Waals surface area (Å²) in [4.78, 5) is 0. The SMILES string of the molecule is CCCCCCCC[C@H]1CC[C@H](CCCOc2ccc(-c3ccc(OCCC[C@H]4CC[C@H](CCCCCCCC)CC4)cc3)cc2)CC1. The Morgan fingerprint density at radius 3 is 1.00 bits per heavy atom. The summed E-state index contributed by atoms with van der Waals surface area (Å²) in [5.41, 5.74) is 2.47. The molecule has 0 heterocycles. The first-order valence-electron chi connectivity index (χ1n) is 21.2.